The van der Waals surface area contributed by atoms with E-state index in [1.165, 1.54) is 0 Å². The molecule has 0 aromatic heterocycles. The van der Waals surface area contributed by atoms with Gasteiger partial charge in [0.15, 0.2) is 0 Å². The lowest BCUT2D eigenvalue weighted by molar-refractivity contribution is -0.130. The van der Waals surface area contributed by atoms with Crippen LogP contribution >= 0.6 is 11.8 Å². The van der Waals surface area contributed by atoms with E-state index in [1.807, 2.05) is 4.90 Å². The Kier molecular flexibility index (Phi) is 4.93. The molecule has 0 spiro atoms. The van der Waals surface area contributed by atoms with Crippen molar-refractivity contribution in [3.63, 3.8) is 0 Å². The molecule has 1 fully saturated rings. The average molecular weight is 230 g/mol. The monoisotopic (exact) mass is 230 g/mol. The second-order valence-corrected chi connectivity index (χ2v) is 5.87. The Balaban J connectivity index is 2.55. The highest BCUT2D eigenvalue weighted by Crippen LogP contribution is 2.23. The Morgan fingerprint density at radius 2 is 2.27 bits per heavy atom. The van der Waals surface area contributed by atoms with E-state index in [2.05, 4.69) is 20.8 Å². The van der Waals surface area contributed by atoms with Crippen molar-refractivity contribution in [1.82, 2.24) is 4.90 Å². The summed E-state index contributed by atoms with van der Waals surface area (Å²) in [6.45, 7) is 7.91. The molecule has 1 heterocycles. The SMILES string of the molecule is CCSC(C(=O)N1CCC(N)C1)C(C)C. The summed E-state index contributed by atoms with van der Waals surface area (Å²) in [4.78, 5) is 14.1. The fourth-order valence-corrected chi connectivity index (χ4v) is 2.93. The number of rotatable bonds is 4. The minimum absolute atomic E-state index is 0.111. The van der Waals surface area contributed by atoms with E-state index in [0.717, 1.165) is 25.3 Å². The molecular formula is C11H22N2OS. The molecule has 88 valence electrons. The number of hydrogen-bond acceptors (Lipinski definition) is 3. The standard InChI is InChI=1S/C11H22N2OS/c1-4-15-10(8(2)3)11(14)13-6-5-9(12)7-13/h8-10H,4-7,12H2,1-3H3. The molecule has 2 N–H and O–H groups in total. The molecule has 3 nitrogen and oxygen atoms in total. The van der Waals surface area contributed by atoms with Gasteiger partial charge in [0.2, 0.25) is 5.91 Å². The third-order valence-corrected chi connectivity index (χ3v) is 4.17. The molecule has 1 aliphatic rings. The van der Waals surface area contributed by atoms with Crippen LogP contribution in [0.25, 0.3) is 0 Å². The normalized spacial score (nSPS) is 23.5. The predicted octanol–water partition coefficient (Wildman–Crippen LogP) is 1.32. The molecule has 0 aliphatic carbocycles. The molecule has 1 aliphatic heterocycles. The first-order valence-electron chi connectivity index (χ1n) is 5.72. The first-order chi connectivity index (χ1) is 7.06. The van der Waals surface area contributed by atoms with Gasteiger partial charge in [0.25, 0.3) is 0 Å². The van der Waals surface area contributed by atoms with Gasteiger partial charge < -0.3 is 10.6 Å². The second kappa shape index (κ2) is 5.75. The summed E-state index contributed by atoms with van der Waals surface area (Å²) in [6.07, 6.45) is 0.952. The third-order valence-electron chi connectivity index (χ3n) is 2.73. The number of nitrogens with two attached hydrogens (primary N) is 1. The molecule has 0 radical (unpaired) electrons. The number of carbonyl (C=O) groups excluding carboxylic acids is 1. The molecule has 0 saturated carbocycles. The van der Waals surface area contributed by atoms with Crippen LogP contribution in [0.4, 0.5) is 0 Å². The first kappa shape index (κ1) is 12.8. The van der Waals surface area contributed by atoms with E-state index < -0.39 is 0 Å². The summed E-state index contributed by atoms with van der Waals surface area (Å²) >= 11 is 1.75. The maximum Gasteiger partial charge on any atom is 0.236 e. The molecule has 1 rings (SSSR count). The zero-order valence-corrected chi connectivity index (χ0v) is 10.7. The summed E-state index contributed by atoms with van der Waals surface area (Å²) < 4.78 is 0. The van der Waals surface area contributed by atoms with Gasteiger partial charge in [-0.2, -0.15) is 0 Å². The summed E-state index contributed by atoms with van der Waals surface area (Å²) in [5.41, 5.74) is 5.81. The lowest BCUT2D eigenvalue weighted by Gasteiger charge is -2.25. The van der Waals surface area contributed by atoms with Gasteiger partial charge in [-0.15, -0.1) is 11.8 Å². The highest BCUT2D eigenvalue weighted by atomic mass is 32.2. The lowest BCUT2D eigenvalue weighted by Crippen LogP contribution is -2.40. The Labute approximate surface area is 96.8 Å². The molecule has 0 aromatic carbocycles. The summed E-state index contributed by atoms with van der Waals surface area (Å²) in [6, 6.07) is 0.188. The Hall–Kier alpha value is -0.220. The molecule has 1 saturated heterocycles. The van der Waals surface area contributed by atoms with Crippen LogP contribution in [0.5, 0.6) is 0 Å². The van der Waals surface area contributed by atoms with Crippen LogP contribution in [0.3, 0.4) is 0 Å². The van der Waals surface area contributed by atoms with Crippen LogP contribution in [0, 0.1) is 5.92 Å². The minimum Gasteiger partial charge on any atom is -0.340 e. The van der Waals surface area contributed by atoms with Gasteiger partial charge in [0, 0.05) is 19.1 Å². The summed E-state index contributed by atoms with van der Waals surface area (Å²) in [7, 11) is 0. The zero-order chi connectivity index (χ0) is 11.4. The Morgan fingerprint density at radius 3 is 2.67 bits per heavy atom. The number of hydrogen-bond donors (Lipinski definition) is 1. The third kappa shape index (κ3) is 3.38. The predicted molar refractivity (Wildman–Crippen MR) is 65.9 cm³/mol. The van der Waals surface area contributed by atoms with Crippen molar-refractivity contribution in [2.24, 2.45) is 11.7 Å². The zero-order valence-electron chi connectivity index (χ0n) is 9.90. The van der Waals surface area contributed by atoms with Gasteiger partial charge in [0.05, 0.1) is 5.25 Å². The highest BCUT2D eigenvalue weighted by molar-refractivity contribution is 8.00. The van der Waals surface area contributed by atoms with E-state index in [1.54, 1.807) is 11.8 Å². The molecule has 15 heavy (non-hydrogen) atoms. The number of amides is 1. The van der Waals surface area contributed by atoms with Gasteiger partial charge in [-0.25, -0.2) is 0 Å². The average Bonchev–Trinajstić information content (AvgIpc) is 2.59. The minimum atomic E-state index is 0.111. The number of thioether (sulfide) groups is 1. The van der Waals surface area contributed by atoms with Crippen molar-refractivity contribution in [3.05, 3.63) is 0 Å². The van der Waals surface area contributed by atoms with E-state index >= 15 is 0 Å². The molecular weight excluding hydrogens is 208 g/mol. The van der Waals surface area contributed by atoms with Crippen LogP contribution in [0.1, 0.15) is 27.2 Å². The van der Waals surface area contributed by atoms with Crippen molar-refractivity contribution in [2.45, 2.75) is 38.5 Å². The summed E-state index contributed by atoms with van der Waals surface area (Å²) in [5.74, 6) is 1.68. The van der Waals surface area contributed by atoms with Crippen molar-refractivity contribution >= 4 is 17.7 Å². The van der Waals surface area contributed by atoms with Crippen LogP contribution in [-0.4, -0.2) is 40.9 Å². The largest absolute Gasteiger partial charge is 0.340 e. The fourth-order valence-electron chi connectivity index (χ4n) is 1.90. The van der Waals surface area contributed by atoms with E-state index in [0.29, 0.717) is 5.92 Å². The molecule has 1 amide bonds. The molecule has 2 unspecified atom stereocenters. The van der Waals surface area contributed by atoms with Gasteiger partial charge in [-0.1, -0.05) is 20.8 Å². The number of nitrogens with zero attached hydrogens (tertiary/aromatic N) is 1. The Bertz CT molecular complexity index is 221. The van der Waals surface area contributed by atoms with Gasteiger partial charge in [0.1, 0.15) is 0 Å². The molecule has 0 bridgehead atoms. The number of carbonyl (C=O) groups is 1. The highest BCUT2D eigenvalue weighted by Gasteiger charge is 2.30. The molecule has 2 atom stereocenters. The topological polar surface area (TPSA) is 46.3 Å². The first-order valence-corrected chi connectivity index (χ1v) is 6.77. The fraction of sp³-hybridized carbons (Fsp3) is 0.909. The van der Waals surface area contributed by atoms with E-state index in [9.17, 15) is 4.79 Å². The van der Waals surface area contributed by atoms with Crippen LogP contribution in [-0.2, 0) is 4.79 Å². The van der Waals surface area contributed by atoms with Gasteiger partial charge in [-0.3, -0.25) is 4.79 Å². The van der Waals surface area contributed by atoms with Crippen molar-refractivity contribution in [2.75, 3.05) is 18.8 Å². The van der Waals surface area contributed by atoms with Crippen LogP contribution < -0.4 is 5.73 Å². The van der Waals surface area contributed by atoms with E-state index in [4.69, 9.17) is 5.73 Å². The molecule has 4 heteroatoms. The lowest BCUT2D eigenvalue weighted by atomic mass is 10.1. The van der Waals surface area contributed by atoms with Crippen molar-refractivity contribution in [1.29, 1.82) is 0 Å². The maximum atomic E-state index is 12.2. The van der Waals surface area contributed by atoms with Gasteiger partial charge >= 0.3 is 0 Å². The van der Waals surface area contributed by atoms with Crippen LogP contribution in [0.15, 0.2) is 0 Å². The van der Waals surface area contributed by atoms with Crippen molar-refractivity contribution in [3.8, 4) is 0 Å². The number of likely N-dealkylation sites (tertiary alicyclic amines) is 1. The quantitative estimate of drug-likeness (QED) is 0.792. The van der Waals surface area contributed by atoms with Crippen molar-refractivity contribution < 1.29 is 4.79 Å². The second-order valence-electron chi connectivity index (χ2n) is 4.45. The van der Waals surface area contributed by atoms with E-state index in [-0.39, 0.29) is 17.2 Å². The smallest absolute Gasteiger partial charge is 0.236 e. The maximum absolute atomic E-state index is 12.2. The van der Waals surface area contributed by atoms with Gasteiger partial charge in [-0.05, 0) is 18.1 Å². The molecule has 0 aromatic rings. The Morgan fingerprint density at radius 1 is 1.60 bits per heavy atom. The van der Waals surface area contributed by atoms with Crippen LogP contribution in [0.2, 0.25) is 0 Å². The summed E-state index contributed by atoms with van der Waals surface area (Å²) in [5, 5.41) is 0.111.